The lowest BCUT2D eigenvalue weighted by Gasteiger charge is -2.25. The summed E-state index contributed by atoms with van der Waals surface area (Å²) in [7, 11) is 0. The second-order valence-electron chi connectivity index (χ2n) is 7.95. The predicted molar refractivity (Wildman–Crippen MR) is 109 cm³/mol. The molecule has 164 valence electrons. The Hall–Kier alpha value is -2.35. The van der Waals surface area contributed by atoms with E-state index in [4.69, 9.17) is 0 Å². The molecule has 0 spiro atoms. The standard InChI is InChI=1S/C22H29F3N4O/c1-16-13-17(2)29(27-16)12-4-11-28-20(7-8-21(28)30)9-10-26-15-18-5-3-6-19(14-18)22(23,24)25/h3,5-6,13-14,20,26H,4,7-12,15H2,1-2H3/t20-/m1/s1. The lowest BCUT2D eigenvalue weighted by molar-refractivity contribution is -0.137. The number of nitrogens with zero attached hydrogens (tertiary/aromatic N) is 3. The molecule has 1 amide bonds. The van der Waals surface area contributed by atoms with E-state index in [1.54, 1.807) is 6.07 Å². The van der Waals surface area contributed by atoms with Crippen molar-refractivity contribution < 1.29 is 18.0 Å². The average Bonchev–Trinajstić information content (AvgIpc) is 3.20. The van der Waals surface area contributed by atoms with Gasteiger partial charge in [0.2, 0.25) is 5.91 Å². The number of amides is 1. The van der Waals surface area contributed by atoms with Crippen molar-refractivity contribution in [2.24, 2.45) is 0 Å². The molecule has 8 heteroatoms. The molecule has 2 aromatic rings. The molecule has 1 aromatic carbocycles. The Kier molecular flexibility index (Phi) is 7.18. The van der Waals surface area contributed by atoms with Gasteiger partial charge >= 0.3 is 6.18 Å². The first kappa shape index (κ1) is 22.3. The van der Waals surface area contributed by atoms with Crippen molar-refractivity contribution in [3.8, 4) is 0 Å². The summed E-state index contributed by atoms with van der Waals surface area (Å²) < 4.78 is 40.4. The van der Waals surface area contributed by atoms with Crippen molar-refractivity contribution >= 4 is 5.91 Å². The van der Waals surface area contributed by atoms with Crippen LogP contribution in [-0.2, 0) is 24.1 Å². The Morgan fingerprint density at radius 3 is 2.70 bits per heavy atom. The first-order valence-electron chi connectivity index (χ1n) is 10.4. The highest BCUT2D eigenvalue weighted by Crippen LogP contribution is 2.29. The largest absolute Gasteiger partial charge is 0.416 e. The molecule has 1 saturated heterocycles. The van der Waals surface area contributed by atoms with Gasteiger partial charge in [-0.05, 0) is 57.4 Å². The third-order valence-electron chi connectivity index (χ3n) is 5.56. The molecular formula is C22H29F3N4O. The molecule has 5 nitrogen and oxygen atoms in total. The summed E-state index contributed by atoms with van der Waals surface area (Å²) in [5.74, 6) is 0.186. The van der Waals surface area contributed by atoms with E-state index in [-0.39, 0.29) is 11.9 Å². The maximum Gasteiger partial charge on any atom is 0.416 e. The third-order valence-corrected chi connectivity index (χ3v) is 5.56. The van der Waals surface area contributed by atoms with Gasteiger partial charge in [0.05, 0.1) is 11.3 Å². The van der Waals surface area contributed by atoms with E-state index in [1.165, 1.54) is 12.1 Å². The number of aromatic nitrogens is 2. The molecule has 0 bridgehead atoms. The maximum atomic E-state index is 12.8. The van der Waals surface area contributed by atoms with Crippen LogP contribution in [0.15, 0.2) is 30.3 Å². The number of benzene rings is 1. The van der Waals surface area contributed by atoms with Crippen LogP contribution in [0.25, 0.3) is 0 Å². The van der Waals surface area contributed by atoms with Gasteiger partial charge in [0, 0.05) is 37.8 Å². The number of likely N-dealkylation sites (tertiary alicyclic amines) is 1. The van der Waals surface area contributed by atoms with Gasteiger partial charge in [0.25, 0.3) is 0 Å². The number of carbonyl (C=O) groups excluding carboxylic acids is 1. The van der Waals surface area contributed by atoms with Gasteiger partial charge in [-0.25, -0.2) is 0 Å². The first-order valence-corrected chi connectivity index (χ1v) is 10.4. The van der Waals surface area contributed by atoms with Gasteiger partial charge in [-0.3, -0.25) is 9.48 Å². The zero-order chi connectivity index (χ0) is 21.7. The van der Waals surface area contributed by atoms with E-state index in [1.807, 2.05) is 29.5 Å². The van der Waals surface area contributed by atoms with E-state index in [0.717, 1.165) is 43.3 Å². The highest BCUT2D eigenvalue weighted by molar-refractivity contribution is 5.78. The summed E-state index contributed by atoms with van der Waals surface area (Å²) in [5, 5.41) is 7.67. The van der Waals surface area contributed by atoms with Crippen LogP contribution in [-0.4, -0.2) is 39.7 Å². The maximum absolute atomic E-state index is 12.8. The van der Waals surface area contributed by atoms with Crippen molar-refractivity contribution in [1.82, 2.24) is 20.0 Å². The van der Waals surface area contributed by atoms with Gasteiger partial charge in [-0.15, -0.1) is 0 Å². The van der Waals surface area contributed by atoms with Crippen molar-refractivity contribution in [2.45, 2.75) is 64.8 Å². The van der Waals surface area contributed by atoms with Crippen LogP contribution >= 0.6 is 0 Å². The second-order valence-corrected chi connectivity index (χ2v) is 7.95. The predicted octanol–water partition coefficient (Wildman–Crippen LogP) is 4.08. The molecule has 3 rings (SSSR count). The quantitative estimate of drug-likeness (QED) is 0.620. The van der Waals surface area contributed by atoms with E-state index < -0.39 is 11.7 Å². The molecule has 0 radical (unpaired) electrons. The number of nitrogens with one attached hydrogen (secondary N) is 1. The molecule has 1 fully saturated rings. The molecule has 1 N–H and O–H groups in total. The van der Waals surface area contributed by atoms with Gasteiger partial charge in [0.15, 0.2) is 0 Å². The Morgan fingerprint density at radius 1 is 1.20 bits per heavy atom. The van der Waals surface area contributed by atoms with Gasteiger partial charge in [-0.1, -0.05) is 18.2 Å². The van der Waals surface area contributed by atoms with Gasteiger partial charge in [-0.2, -0.15) is 18.3 Å². The van der Waals surface area contributed by atoms with E-state index >= 15 is 0 Å². The van der Waals surface area contributed by atoms with E-state index in [9.17, 15) is 18.0 Å². The van der Waals surface area contributed by atoms with Gasteiger partial charge < -0.3 is 10.2 Å². The molecular weight excluding hydrogens is 393 g/mol. The lowest BCUT2D eigenvalue weighted by Crippen LogP contribution is -2.36. The molecule has 2 heterocycles. The van der Waals surface area contributed by atoms with Crippen LogP contribution in [0, 0.1) is 13.8 Å². The van der Waals surface area contributed by atoms with Crippen LogP contribution in [0.4, 0.5) is 13.2 Å². The molecule has 0 unspecified atom stereocenters. The van der Waals surface area contributed by atoms with Crippen LogP contribution < -0.4 is 5.32 Å². The minimum Gasteiger partial charge on any atom is -0.340 e. The van der Waals surface area contributed by atoms with E-state index in [2.05, 4.69) is 10.4 Å². The second kappa shape index (κ2) is 9.64. The summed E-state index contributed by atoms with van der Waals surface area (Å²) in [5.41, 5.74) is 2.09. The number of alkyl halides is 3. The highest BCUT2D eigenvalue weighted by atomic mass is 19.4. The SMILES string of the molecule is Cc1cc(C)n(CCCN2C(=O)CC[C@@H]2CCNCc2cccc(C(F)(F)F)c2)n1. The average molecular weight is 422 g/mol. The van der Waals surface area contributed by atoms with Crippen LogP contribution in [0.5, 0.6) is 0 Å². The van der Waals surface area contributed by atoms with Crippen molar-refractivity contribution in [2.75, 3.05) is 13.1 Å². The normalized spacial score (nSPS) is 17.2. The monoisotopic (exact) mass is 422 g/mol. The minimum atomic E-state index is -4.33. The number of rotatable bonds is 9. The van der Waals surface area contributed by atoms with Crippen LogP contribution in [0.3, 0.4) is 0 Å². The zero-order valence-corrected chi connectivity index (χ0v) is 17.5. The highest BCUT2D eigenvalue weighted by Gasteiger charge is 2.31. The number of aryl methyl sites for hydroxylation is 3. The molecule has 1 aliphatic rings. The topological polar surface area (TPSA) is 50.2 Å². The Labute approximate surface area is 175 Å². The lowest BCUT2D eigenvalue weighted by atomic mass is 10.1. The number of halogens is 3. The summed E-state index contributed by atoms with van der Waals surface area (Å²) in [6.45, 7) is 6.51. The number of hydrogen-bond acceptors (Lipinski definition) is 3. The van der Waals surface area contributed by atoms with Crippen molar-refractivity contribution in [1.29, 1.82) is 0 Å². The van der Waals surface area contributed by atoms with Crippen LogP contribution in [0.1, 0.15) is 48.2 Å². The molecule has 1 aromatic heterocycles. The molecule has 0 saturated carbocycles. The van der Waals surface area contributed by atoms with Gasteiger partial charge in [0.1, 0.15) is 0 Å². The molecule has 30 heavy (non-hydrogen) atoms. The fourth-order valence-corrected chi connectivity index (χ4v) is 4.05. The smallest absolute Gasteiger partial charge is 0.340 e. The molecule has 1 aliphatic heterocycles. The Bertz CT molecular complexity index is 862. The van der Waals surface area contributed by atoms with Crippen LogP contribution in [0.2, 0.25) is 0 Å². The summed E-state index contributed by atoms with van der Waals surface area (Å²) in [6.07, 6.45) is -1.28. The first-order chi connectivity index (χ1) is 14.2. The number of carbonyl (C=O) groups is 1. The van der Waals surface area contributed by atoms with E-state index in [0.29, 0.717) is 31.6 Å². The summed E-state index contributed by atoms with van der Waals surface area (Å²) >= 11 is 0. The Morgan fingerprint density at radius 2 is 2.00 bits per heavy atom. The molecule has 0 aliphatic carbocycles. The minimum absolute atomic E-state index is 0.186. The molecule has 1 atom stereocenters. The van der Waals surface area contributed by atoms with Crippen molar-refractivity contribution in [3.05, 3.63) is 52.8 Å². The summed E-state index contributed by atoms with van der Waals surface area (Å²) in [4.78, 5) is 14.2. The Balaban J connectivity index is 1.43. The fourth-order valence-electron chi connectivity index (χ4n) is 4.05. The summed E-state index contributed by atoms with van der Waals surface area (Å²) in [6, 6.07) is 7.61. The number of hydrogen-bond donors (Lipinski definition) is 1. The van der Waals surface area contributed by atoms with Crippen molar-refractivity contribution in [3.63, 3.8) is 0 Å². The zero-order valence-electron chi connectivity index (χ0n) is 17.5. The third kappa shape index (κ3) is 5.84. The fraction of sp³-hybridized carbons (Fsp3) is 0.545.